The molecule has 1 nitrogen and oxygen atoms in total. The molecule has 0 saturated heterocycles. The predicted octanol–water partition coefficient (Wildman–Crippen LogP) is 6.06. The van der Waals surface area contributed by atoms with Crippen molar-refractivity contribution in [3.63, 3.8) is 0 Å². The third-order valence-corrected chi connectivity index (χ3v) is 5.47. The number of hydrogen-bond acceptors (Lipinski definition) is 2. The van der Waals surface area contributed by atoms with Crippen molar-refractivity contribution in [3.8, 4) is 5.75 Å². The fraction of sp³-hybridized carbons (Fsp3) is 0.474. The highest BCUT2D eigenvalue weighted by Crippen LogP contribution is 2.39. The number of hydrogen-bond donors (Lipinski definition) is 0. The van der Waals surface area contributed by atoms with Gasteiger partial charge in [-0.25, -0.2) is 4.39 Å². The lowest BCUT2D eigenvalue weighted by molar-refractivity contribution is 0.303. The molecular formula is C19H25FOS. The van der Waals surface area contributed by atoms with Crippen LogP contribution < -0.4 is 4.74 Å². The van der Waals surface area contributed by atoms with E-state index in [2.05, 4.69) is 47.6 Å². The summed E-state index contributed by atoms with van der Waals surface area (Å²) in [6.07, 6.45) is 0. The Morgan fingerprint density at radius 1 is 0.955 bits per heavy atom. The average molecular weight is 320 g/mol. The van der Waals surface area contributed by atoms with Gasteiger partial charge >= 0.3 is 0 Å². The average Bonchev–Trinajstić information content (AvgIpc) is 2.82. The van der Waals surface area contributed by atoms with Crippen molar-refractivity contribution in [2.75, 3.05) is 0 Å². The van der Waals surface area contributed by atoms with Crippen molar-refractivity contribution in [3.05, 3.63) is 51.5 Å². The molecule has 22 heavy (non-hydrogen) atoms. The SMILES string of the molecule is CC(C)(C)c1cc(COc2ccc(F)cc2)c(C(C)(C)C)s1. The Hall–Kier alpha value is -1.35. The molecule has 0 unspecified atom stereocenters. The van der Waals surface area contributed by atoms with Crippen LogP contribution in [0, 0.1) is 5.82 Å². The first-order valence-electron chi connectivity index (χ1n) is 7.59. The number of ether oxygens (including phenoxy) is 1. The van der Waals surface area contributed by atoms with Crippen LogP contribution in [0.2, 0.25) is 0 Å². The van der Waals surface area contributed by atoms with Crippen LogP contribution in [-0.2, 0) is 17.4 Å². The molecule has 120 valence electrons. The van der Waals surface area contributed by atoms with Crippen LogP contribution in [0.1, 0.15) is 56.9 Å². The van der Waals surface area contributed by atoms with Crippen LogP contribution in [0.15, 0.2) is 30.3 Å². The van der Waals surface area contributed by atoms with E-state index >= 15 is 0 Å². The van der Waals surface area contributed by atoms with Crippen molar-refractivity contribution < 1.29 is 9.13 Å². The summed E-state index contributed by atoms with van der Waals surface area (Å²) in [5.41, 5.74) is 1.46. The highest BCUT2D eigenvalue weighted by Gasteiger charge is 2.26. The van der Waals surface area contributed by atoms with Gasteiger partial charge in [0.2, 0.25) is 0 Å². The van der Waals surface area contributed by atoms with Crippen LogP contribution >= 0.6 is 11.3 Å². The van der Waals surface area contributed by atoms with Crippen LogP contribution in [0.25, 0.3) is 0 Å². The van der Waals surface area contributed by atoms with Crippen molar-refractivity contribution in [1.29, 1.82) is 0 Å². The molecule has 0 bridgehead atoms. The number of halogens is 1. The maximum Gasteiger partial charge on any atom is 0.123 e. The second-order valence-electron chi connectivity index (χ2n) is 7.71. The normalized spacial score (nSPS) is 12.5. The van der Waals surface area contributed by atoms with Crippen LogP contribution in [-0.4, -0.2) is 0 Å². The summed E-state index contributed by atoms with van der Waals surface area (Å²) >= 11 is 1.87. The Balaban J connectivity index is 2.25. The van der Waals surface area contributed by atoms with Crippen LogP contribution in [0.3, 0.4) is 0 Å². The molecule has 0 N–H and O–H groups in total. The minimum atomic E-state index is -0.242. The number of benzene rings is 1. The molecule has 0 amide bonds. The molecule has 0 aliphatic rings. The molecule has 0 aliphatic carbocycles. The fourth-order valence-electron chi connectivity index (χ4n) is 2.23. The molecule has 1 heterocycles. The van der Waals surface area contributed by atoms with E-state index in [1.54, 1.807) is 12.1 Å². The molecule has 1 aromatic heterocycles. The molecule has 0 radical (unpaired) electrons. The summed E-state index contributed by atoms with van der Waals surface area (Å²) < 4.78 is 18.8. The minimum absolute atomic E-state index is 0.0929. The molecule has 1 aromatic carbocycles. The summed E-state index contributed by atoms with van der Waals surface area (Å²) in [4.78, 5) is 2.73. The number of thiophene rings is 1. The van der Waals surface area contributed by atoms with Crippen molar-refractivity contribution in [2.45, 2.75) is 59.0 Å². The quantitative estimate of drug-likeness (QED) is 0.668. The van der Waals surface area contributed by atoms with Gasteiger partial charge < -0.3 is 4.74 Å². The van der Waals surface area contributed by atoms with E-state index in [0.717, 1.165) is 0 Å². The van der Waals surface area contributed by atoms with E-state index in [9.17, 15) is 4.39 Å². The summed E-state index contributed by atoms with van der Waals surface area (Å²) in [5, 5.41) is 0. The third-order valence-electron chi connectivity index (χ3n) is 3.44. The molecular weight excluding hydrogens is 295 g/mol. The largest absolute Gasteiger partial charge is 0.489 e. The minimum Gasteiger partial charge on any atom is -0.489 e. The smallest absolute Gasteiger partial charge is 0.123 e. The van der Waals surface area contributed by atoms with E-state index in [4.69, 9.17) is 4.74 Å². The van der Waals surface area contributed by atoms with Gasteiger partial charge in [-0.15, -0.1) is 11.3 Å². The second kappa shape index (κ2) is 6.04. The van der Waals surface area contributed by atoms with Gasteiger partial charge in [-0.2, -0.15) is 0 Å². The van der Waals surface area contributed by atoms with E-state index in [0.29, 0.717) is 12.4 Å². The lowest BCUT2D eigenvalue weighted by Crippen LogP contribution is -2.12. The predicted molar refractivity (Wildman–Crippen MR) is 92.5 cm³/mol. The monoisotopic (exact) mass is 320 g/mol. The first-order chi connectivity index (χ1) is 10.1. The lowest BCUT2D eigenvalue weighted by Gasteiger charge is -2.19. The van der Waals surface area contributed by atoms with Gasteiger partial charge in [0.1, 0.15) is 18.2 Å². The Morgan fingerprint density at radius 2 is 1.55 bits per heavy atom. The zero-order chi connectivity index (χ0) is 16.5. The van der Waals surface area contributed by atoms with Gasteiger partial charge in [-0.3, -0.25) is 0 Å². The van der Waals surface area contributed by atoms with Crippen LogP contribution in [0.5, 0.6) is 5.75 Å². The molecule has 0 aliphatic heterocycles. The Kier molecular flexibility index (Phi) is 4.67. The Morgan fingerprint density at radius 3 is 2.05 bits per heavy atom. The first-order valence-corrected chi connectivity index (χ1v) is 8.41. The summed E-state index contributed by atoms with van der Waals surface area (Å²) in [7, 11) is 0. The second-order valence-corrected chi connectivity index (χ2v) is 8.76. The van der Waals surface area contributed by atoms with E-state index in [1.165, 1.54) is 27.5 Å². The fourth-order valence-corrected chi connectivity index (χ4v) is 3.51. The third kappa shape index (κ3) is 4.10. The van der Waals surface area contributed by atoms with Gasteiger partial charge in [-0.05, 0) is 41.2 Å². The standard InChI is InChI=1S/C19H25FOS/c1-18(2,3)16-11-13(17(22-16)19(4,5)6)12-21-15-9-7-14(20)8-10-15/h7-11H,12H2,1-6H3. The molecule has 2 rings (SSSR count). The summed E-state index contributed by atoms with van der Waals surface area (Å²) in [6, 6.07) is 8.45. The lowest BCUT2D eigenvalue weighted by atomic mass is 9.90. The highest BCUT2D eigenvalue weighted by molar-refractivity contribution is 7.12. The Labute approximate surface area is 137 Å². The Bertz CT molecular complexity index is 627. The highest BCUT2D eigenvalue weighted by atomic mass is 32.1. The topological polar surface area (TPSA) is 9.23 Å². The van der Waals surface area contributed by atoms with Crippen molar-refractivity contribution >= 4 is 11.3 Å². The van der Waals surface area contributed by atoms with Gasteiger partial charge in [0.15, 0.2) is 0 Å². The van der Waals surface area contributed by atoms with Gasteiger partial charge in [0.05, 0.1) is 0 Å². The zero-order valence-electron chi connectivity index (χ0n) is 14.3. The maximum absolute atomic E-state index is 13.0. The summed E-state index contributed by atoms with van der Waals surface area (Å²) in [6.45, 7) is 13.9. The molecule has 0 fully saturated rings. The molecule has 3 heteroatoms. The number of rotatable bonds is 3. The van der Waals surface area contributed by atoms with Gasteiger partial charge in [0, 0.05) is 15.3 Å². The first kappa shape index (κ1) is 17.0. The van der Waals surface area contributed by atoms with E-state index in [-0.39, 0.29) is 16.6 Å². The van der Waals surface area contributed by atoms with Crippen molar-refractivity contribution in [2.24, 2.45) is 0 Å². The van der Waals surface area contributed by atoms with E-state index < -0.39 is 0 Å². The van der Waals surface area contributed by atoms with Gasteiger partial charge in [0.25, 0.3) is 0 Å². The molecule has 0 spiro atoms. The molecule has 0 saturated carbocycles. The van der Waals surface area contributed by atoms with Crippen molar-refractivity contribution in [1.82, 2.24) is 0 Å². The van der Waals surface area contributed by atoms with Gasteiger partial charge in [-0.1, -0.05) is 41.5 Å². The molecule has 0 atom stereocenters. The van der Waals surface area contributed by atoms with E-state index in [1.807, 2.05) is 11.3 Å². The summed E-state index contributed by atoms with van der Waals surface area (Å²) in [5.74, 6) is 0.457. The molecule has 2 aromatic rings. The van der Waals surface area contributed by atoms with Crippen LogP contribution in [0.4, 0.5) is 4.39 Å². The zero-order valence-corrected chi connectivity index (χ0v) is 15.1. The maximum atomic E-state index is 13.0.